The highest BCUT2D eigenvalue weighted by atomic mass is 17.2. The molecule has 0 aliphatic heterocycles. The Bertz CT molecular complexity index is 133. The van der Waals surface area contributed by atoms with Gasteiger partial charge in [-0.1, -0.05) is 32.6 Å². The minimum Gasteiger partial charge on any atom is -0.283 e. The van der Waals surface area contributed by atoms with Crippen LogP contribution in [-0.2, 0) is 9.78 Å². The molecule has 0 saturated heterocycles. The summed E-state index contributed by atoms with van der Waals surface area (Å²) in [6.07, 6.45) is 7.85. The second-order valence-electron chi connectivity index (χ2n) is 2.64. The minimum atomic E-state index is 0.638. The van der Waals surface area contributed by atoms with Gasteiger partial charge in [-0.2, -0.15) is 4.89 Å². The summed E-state index contributed by atoms with van der Waals surface area (Å²) in [5.41, 5.74) is 0. The van der Waals surface area contributed by atoms with Crippen molar-refractivity contribution in [3.8, 4) is 12.0 Å². The quantitative estimate of drug-likeness (QED) is 0.264. The molecule has 0 aromatic carbocycles. The zero-order valence-corrected chi connectivity index (χ0v) is 8.06. The molecule has 0 atom stereocenters. The van der Waals surface area contributed by atoms with Crippen LogP contribution in [0.4, 0.5) is 0 Å². The molecule has 0 amide bonds. The Balaban J connectivity index is 2.99. The molecule has 0 heterocycles. The van der Waals surface area contributed by atoms with Crippen LogP contribution in [0.5, 0.6) is 0 Å². The number of unbranched alkanes of at least 4 members (excludes halogenated alkanes) is 3. The lowest BCUT2D eigenvalue weighted by molar-refractivity contribution is -0.236. The van der Waals surface area contributed by atoms with Crippen molar-refractivity contribution < 1.29 is 9.78 Å². The van der Waals surface area contributed by atoms with Gasteiger partial charge in [-0.05, 0) is 12.8 Å². The van der Waals surface area contributed by atoms with Gasteiger partial charge in [0, 0.05) is 6.42 Å². The first-order valence-corrected chi connectivity index (χ1v) is 4.68. The van der Waals surface area contributed by atoms with E-state index in [0.29, 0.717) is 6.61 Å². The van der Waals surface area contributed by atoms with Crippen LogP contribution in [0, 0.1) is 12.0 Å². The highest BCUT2D eigenvalue weighted by molar-refractivity contribution is 4.89. The van der Waals surface area contributed by atoms with Gasteiger partial charge in [0.05, 0.1) is 6.61 Å². The molecule has 0 saturated carbocycles. The largest absolute Gasteiger partial charge is 0.283 e. The van der Waals surface area contributed by atoms with Crippen LogP contribution < -0.4 is 0 Å². The maximum atomic E-state index is 4.78. The highest BCUT2D eigenvalue weighted by Gasteiger charge is 1.83. The van der Waals surface area contributed by atoms with E-state index in [1.807, 2.05) is 0 Å². The Hall–Kier alpha value is -0.680. The fourth-order valence-corrected chi connectivity index (χ4v) is 0.620. The summed E-state index contributed by atoms with van der Waals surface area (Å²) in [6.45, 7) is 4.88. The summed E-state index contributed by atoms with van der Waals surface area (Å²) < 4.78 is 0. The Morgan fingerprint density at radius 1 is 1.08 bits per heavy atom. The van der Waals surface area contributed by atoms with Gasteiger partial charge in [-0.15, -0.1) is 0 Å². The molecule has 70 valence electrons. The summed E-state index contributed by atoms with van der Waals surface area (Å²) in [7, 11) is 0. The Morgan fingerprint density at radius 3 is 2.50 bits per heavy atom. The second-order valence-corrected chi connectivity index (χ2v) is 2.64. The van der Waals surface area contributed by atoms with E-state index in [1.54, 1.807) is 0 Å². The third-order valence-electron chi connectivity index (χ3n) is 1.41. The molecular weight excluding hydrogens is 152 g/mol. The normalized spacial score (nSPS) is 8.83. The Kier molecular flexibility index (Phi) is 9.74. The van der Waals surface area contributed by atoms with Crippen molar-refractivity contribution in [2.45, 2.75) is 46.0 Å². The van der Waals surface area contributed by atoms with Crippen LogP contribution in [0.15, 0.2) is 0 Å². The SMILES string of the molecule is CCCCC#COOCCCC. The molecule has 0 fully saturated rings. The van der Waals surface area contributed by atoms with E-state index in [-0.39, 0.29) is 0 Å². The average molecular weight is 170 g/mol. The Morgan fingerprint density at radius 2 is 1.83 bits per heavy atom. The standard InChI is InChI=1S/C10H18O2/c1-3-5-7-8-10-12-11-9-6-4-2/h3-7,9H2,1-2H3. The van der Waals surface area contributed by atoms with Crippen LogP contribution in [0.1, 0.15) is 46.0 Å². The van der Waals surface area contributed by atoms with Gasteiger partial charge in [0.2, 0.25) is 0 Å². The first-order chi connectivity index (χ1) is 5.91. The molecule has 0 spiro atoms. The van der Waals surface area contributed by atoms with Crippen molar-refractivity contribution in [1.82, 2.24) is 0 Å². The second kappa shape index (κ2) is 10.3. The van der Waals surface area contributed by atoms with Gasteiger partial charge in [-0.3, -0.25) is 4.89 Å². The topological polar surface area (TPSA) is 18.5 Å². The van der Waals surface area contributed by atoms with Crippen molar-refractivity contribution in [3.05, 3.63) is 0 Å². The fraction of sp³-hybridized carbons (Fsp3) is 0.800. The molecule has 0 aliphatic carbocycles. The van der Waals surface area contributed by atoms with Gasteiger partial charge >= 0.3 is 0 Å². The van der Waals surface area contributed by atoms with Crippen molar-refractivity contribution in [3.63, 3.8) is 0 Å². The van der Waals surface area contributed by atoms with Gasteiger partial charge in [0.1, 0.15) is 0 Å². The van der Waals surface area contributed by atoms with Crippen molar-refractivity contribution in [2.75, 3.05) is 6.61 Å². The molecule has 12 heavy (non-hydrogen) atoms. The van der Waals surface area contributed by atoms with Crippen LogP contribution in [0.25, 0.3) is 0 Å². The van der Waals surface area contributed by atoms with Gasteiger partial charge in [0.15, 0.2) is 6.11 Å². The first kappa shape index (κ1) is 11.3. The zero-order chi connectivity index (χ0) is 9.07. The molecule has 0 aromatic rings. The van der Waals surface area contributed by atoms with Gasteiger partial charge in [0.25, 0.3) is 0 Å². The van der Waals surface area contributed by atoms with Crippen LogP contribution in [0.2, 0.25) is 0 Å². The predicted molar refractivity (Wildman–Crippen MR) is 49.2 cm³/mol. The third kappa shape index (κ3) is 9.32. The lowest BCUT2D eigenvalue weighted by atomic mass is 10.3. The highest BCUT2D eigenvalue weighted by Crippen LogP contribution is 1.91. The predicted octanol–water partition coefficient (Wildman–Crippen LogP) is 2.89. The lowest BCUT2D eigenvalue weighted by Gasteiger charge is -1.94. The van der Waals surface area contributed by atoms with E-state index in [1.165, 1.54) is 6.42 Å². The monoisotopic (exact) mass is 170 g/mol. The smallest absolute Gasteiger partial charge is 0.157 e. The maximum absolute atomic E-state index is 4.78. The summed E-state index contributed by atoms with van der Waals surface area (Å²) in [4.78, 5) is 9.40. The molecular formula is C10H18O2. The van der Waals surface area contributed by atoms with Crippen LogP contribution in [-0.4, -0.2) is 6.61 Å². The van der Waals surface area contributed by atoms with E-state index in [0.717, 1.165) is 25.7 Å². The summed E-state index contributed by atoms with van der Waals surface area (Å²) >= 11 is 0. The van der Waals surface area contributed by atoms with Crippen molar-refractivity contribution in [2.24, 2.45) is 0 Å². The molecule has 0 rings (SSSR count). The minimum absolute atomic E-state index is 0.638. The summed E-state index contributed by atoms with van der Waals surface area (Å²) in [5.74, 6) is 2.87. The van der Waals surface area contributed by atoms with E-state index in [2.05, 4.69) is 30.8 Å². The molecule has 0 radical (unpaired) electrons. The van der Waals surface area contributed by atoms with Crippen molar-refractivity contribution in [1.29, 1.82) is 0 Å². The van der Waals surface area contributed by atoms with E-state index < -0.39 is 0 Å². The Labute approximate surface area is 75.2 Å². The molecule has 0 unspecified atom stereocenters. The van der Waals surface area contributed by atoms with Gasteiger partial charge in [-0.25, -0.2) is 0 Å². The number of rotatable bonds is 6. The average Bonchev–Trinajstić information content (AvgIpc) is 2.10. The zero-order valence-electron chi connectivity index (χ0n) is 8.06. The first-order valence-electron chi connectivity index (χ1n) is 4.68. The third-order valence-corrected chi connectivity index (χ3v) is 1.41. The molecule has 2 nitrogen and oxygen atoms in total. The fourth-order valence-electron chi connectivity index (χ4n) is 0.620. The van der Waals surface area contributed by atoms with Crippen LogP contribution >= 0.6 is 0 Å². The molecule has 0 aromatic heterocycles. The van der Waals surface area contributed by atoms with E-state index >= 15 is 0 Å². The molecule has 0 N–H and O–H groups in total. The van der Waals surface area contributed by atoms with E-state index in [9.17, 15) is 0 Å². The van der Waals surface area contributed by atoms with Gasteiger partial charge < -0.3 is 0 Å². The number of hydrogen-bond acceptors (Lipinski definition) is 2. The molecule has 2 heteroatoms. The molecule has 0 aliphatic rings. The maximum Gasteiger partial charge on any atom is 0.157 e. The van der Waals surface area contributed by atoms with Crippen molar-refractivity contribution >= 4 is 0 Å². The lowest BCUT2D eigenvalue weighted by Crippen LogP contribution is -1.90. The van der Waals surface area contributed by atoms with E-state index in [4.69, 9.17) is 4.89 Å². The summed E-state index contributed by atoms with van der Waals surface area (Å²) in [6, 6.07) is 0. The number of hydrogen-bond donors (Lipinski definition) is 0. The molecule has 0 bridgehead atoms. The van der Waals surface area contributed by atoms with Crippen LogP contribution in [0.3, 0.4) is 0 Å². The summed E-state index contributed by atoms with van der Waals surface area (Å²) in [5, 5.41) is 0.